The Morgan fingerprint density at radius 1 is 1.23 bits per heavy atom. The second-order valence-electron chi connectivity index (χ2n) is 9.26. The number of aromatic nitrogens is 2. The molecule has 0 bridgehead atoms. The fourth-order valence-electron chi connectivity index (χ4n) is 5.25. The van der Waals surface area contributed by atoms with Crippen LogP contribution in [0.25, 0.3) is 22.3 Å². The molecule has 2 aromatic carbocycles. The van der Waals surface area contributed by atoms with E-state index in [9.17, 15) is 24.5 Å². The molecule has 2 aliphatic heterocycles. The number of carbonyl (C=O) groups is 2. The van der Waals surface area contributed by atoms with Gasteiger partial charge in [0.2, 0.25) is 5.60 Å². The number of benzene rings is 2. The summed E-state index contributed by atoms with van der Waals surface area (Å²) in [6.07, 6.45) is 0.0110. The molecule has 0 spiro atoms. The van der Waals surface area contributed by atoms with Gasteiger partial charge >= 0.3 is 11.9 Å². The van der Waals surface area contributed by atoms with Gasteiger partial charge in [-0.2, -0.15) is 0 Å². The first-order valence-corrected chi connectivity index (χ1v) is 12.1. The van der Waals surface area contributed by atoms with Gasteiger partial charge in [-0.15, -0.1) is 0 Å². The van der Waals surface area contributed by atoms with Crippen molar-refractivity contribution < 1.29 is 24.0 Å². The number of nitro benzene ring substituents is 1. The maximum atomic E-state index is 13.7. The number of ether oxygens (including phenoxy) is 2. The van der Waals surface area contributed by atoms with Crippen molar-refractivity contribution in [2.75, 3.05) is 0 Å². The molecule has 0 fully saturated rings. The van der Waals surface area contributed by atoms with Gasteiger partial charge in [-0.3, -0.25) is 19.9 Å². The van der Waals surface area contributed by atoms with Crippen molar-refractivity contribution in [1.82, 2.24) is 9.55 Å². The van der Waals surface area contributed by atoms with E-state index in [1.807, 2.05) is 0 Å². The predicted molar refractivity (Wildman–Crippen MR) is 140 cm³/mol. The second kappa shape index (κ2) is 8.69. The molecule has 0 N–H and O–H groups in total. The third-order valence-corrected chi connectivity index (χ3v) is 7.22. The van der Waals surface area contributed by atoms with Gasteiger partial charge in [-0.25, -0.2) is 14.6 Å². The molecule has 0 aliphatic carbocycles. The summed E-state index contributed by atoms with van der Waals surface area (Å²) >= 11 is 0. The van der Waals surface area contributed by atoms with Gasteiger partial charge in [0, 0.05) is 17.2 Å². The van der Waals surface area contributed by atoms with Crippen LogP contribution in [0.5, 0.6) is 0 Å². The van der Waals surface area contributed by atoms with E-state index in [0.29, 0.717) is 33.5 Å². The van der Waals surface area contributed by atoms with Crippen LogP contribution in [-0.4, -0.2) is 33.1 Å². The van der Waals surface area contributed by atoms with Crippen molar-refractivity contribution in [2.45, 2.75) is 32.1 Å². The van der Waals surface area contributed by atoms with Crippen molar-refractivity contribution in [2.24, 2.45) is 4.99 Å². The molecule has 0 saturated carbocycles. The number of pyridine rings is 2. The number of fused-ring (bicyclic) bond motifs is 5. The molecule has 4 aromatic rings. The number of hydrogen-bond acceptors (Lipinski definition) is 9. The standard InChI is InChI=1S/C28H20N4O7/c1-3-28(39-26(34)15-6-4-7-17(10-15)29-2)20-12-23-24-16(13-31(23)25(33)19(20)14-38-27(28)35)11-18-21(30-24)8-5-9-22(18)32(36)37/h4-12H,2-3,13-14H2,1H3/t28-/m0/s1. The molecule has 4 heterocycles. The SMILES string of the molecule is C=Nc1cccc(C(=O)O[C@]2(CC)C(=O)OCc3c2cc2n(c3=O)Cc3cc4c([N+](=O)[O-])cccc4nc3-2)c1. The van der Waals surface area contributed by atoms with Gasteiger partial charge in [0.1, 0.15) is 6.61 Å². The second-order valence-corrected chi connectivity index (χ2v) is 9.26. The van der Waals surface area contributed by atoms with E-state index in [2.05, 4.69) is 16.7 Å². The van der Waals surface area contributed by atoms with Crippen LogP contribution in [0.2, 0.25) is 0 Å². The lowest BCUT2D eigenvalue weighted by atomic mass is 9.85. The quantitative estimate of drug-likeness (QED) is 0.144. The highest BCUT2D eigenvalue weighted by atomic mass is 16.6. The Balaban J connectivity index is 1.52. The average Bonchev–Trinajstić information content (AvgIpc) is 3.30. The summed E-state index contributed by atoms with van der Waals surface area (Å²) < 4.78 is 12.7. The van der Waals surface area contributed by atoms with Crippen LogP contribution >= 0.6 is 0 Å². The summed E-state index contributed by atoms with van der Waals surface area (Å²) in [5, 5.41) is 11.9. The Labute approximate surface area is 220 Å². The molecule has 2 aromatic heterocycles. The van der Waals surface area contributed by atoms with E-state index in [4.69, 9.17) is 9.47 Å². The van der Waals surface area contributed by atoms with Crippen LogP contribution in [0.1, 0.15) is 40.4 Å². The van der Waals surface area contributed by atoms with E-state index in [1.165, 1.54) is 22.8 Å². The first-order valence-electron chi connectivity index (χ1n) is 12.1. The van der Waals surface area contributed by atoms with Crippen molar-refractivity contribution >= 4 is 40.9 Å². The summed E-state index contributed by atoms with van der Waals surface area (Å²) in [6.45, 7) is 4.98. The molecule has 6 rings (SSSR count). The number of esters is 2. The van der Waals surface area contributed by atoms with Crippen LogP contribution in [0.4, 0.5) is 11.4 Å². The number of aliphatic imine (C=N–C) groups is 1. The van der Waals surface area contributed by atoms with Gasteiger partial charge in [0.25, 0.3) is 11.2 Å². The van der Waals surface area contributed by atoms with Crippen LogP contribution in [0, 0.1) is 10.1 Å². The summed E-state index contributed by atoms with van der Waals surface area (Å²) in [5.41, 5.74) is 0.562. The number of carbonyl (C=O) groups excluding carboxylic acids is 2. The first kappa shape index (κ1) is 24.2. The highest BCUT2D eigenvalue weighted by Crippen LogP contribution is 2.42. The first-order chi connectivity index (χ1) is 18.8. The molecular weight excluding hydrogens is 504 g/mol. The Kier molecular flexibility index (Phi) is 5.38. The molecule has 39 heavy (non-hydrogen) atoms. The van der Waals surface area contributed by atoms with Crippen molar-refractivity contribution in [3.8, 4) is 11.4 Å². The van der Waals surface area contributed by atoms with Crippen molar-refractivity contribution in [1.29, 1.82) is 0 Å². The number of cyclic esters (lactones) is 1. The van der Waals surface area contributed by atoms with Crippen LogP contribution in [-0.2, 0) is 33.0 Å². The molecule has 0 amide bonds. The fraction of sp³-hybridized carbons (Fsp3) is 0.179. The van der Waals surface area contributed by atoms with Gasteiger partial charge in [0.15, 0.2) is 0 Å². The molecule has 11 nitrogen and oxygen atoms in total. The van der Waals surface area contributed by atoms with Gasteiger partial charge in [-0.1, -0.05) is 19.1 Å². The van der Waals surface area contributed by atoms with Gasteiger partial charge in [-0.05, 0) is 49.5 Å². The lowest BCUT2D eigenvalue weighted by Crippen LogP contribution is -2.47. The van der Waals surface area contributed by atoms with E-state index in [1.54, 1.807) is 43.3 Å². The average molecular weight is 524 g/mol. The summed E-state index contributed by atoms with van der Waals surface area (Å²) in [5.74, 6) is -1.57. The third kappa shape index (κ3) is 3.54. The van der Waals surface area contributed by atoms with Crippen molar-refractivity contribution in [3.05, 3.63) is 97.3 Å². The van der Waals surface area contributed by atoms with Crippen molar-refractivity contribution in [3.63, 3.8) is 0 Å². The zero-order valence-electron chi connectivity index (χ0n) is 20.7. The number of hydrogen-bond donors (Lipinski definition) is 0. The van der Waals surface area contributed by atoms with E-state index < -0.39 is 28.0 Å². The highest BCUT2D eigenvalue weighted by molar-refractivity contribution is 5.95. The molecule has 0 radical (unpaired) electrons. The van der Waals surface area contributed by atoms with Gasteiger partial charge in [0.05, 0.1) is 50.6 Å². The Morgan fingerprint density at radius 2 is 2.03 bits per heavy atom. The Hall–Kier alpha value is -5.19. The maximum Gasteiger partial charge on any atom is 0.355 e. The molecule has 0 unspecified atom stereocenters. The van der Waals surface area contributed by atoms with E-state index in [0.717, 1.165) is 0 Å². The fourth-order valence-corrected chi connectivity index (χ4v) is 5.25. The molecular formula is C28H20N4O7. The normalized spacial score (nSPS) is 17.1. The molecule has 1 atom stereocenters. The molecule has 194 valence electrons. The third-order valence-electron chi connectivity index (χ3n) is 7.22. The monoisotopic (exact) mass is 524 g/mol. The maximum absolute atomic E-state index is 13.7. The number of nitro groups is 1. The van der Waals surface area contributed by atoms with Crippen LogP contribution in [0.15, 0.2) is 64.4 Å². The number of rotatable bonds is 5. The lowest BCUT2D eigenvalue weighted by Gasteiger charge is -2.35. The smallest absolute Gasteiger partial charge is 0.355 e. The summed E-state index contributed by atoms with van der Waals surface area (Å²) in [4.78, 5) is 59.6. The Morgan fingerprint density at radius 3 is 2.77 bits per heavy atom. The minimum atomic E-state index is -1.87. The zero-order chi connectivity index (χ0) is 27.5. The molecule has 11 heteroatoms. The number of nitrogens with zero attached hydrogens (tertiary/aromatic N) is 4. The van der Waals surface area contributed by atoms with Gasteiger partial charge < -0.3 is 14.0 Å². The summed E-state index contributed by atoms with van der Waals surface area (Å²) in [7, 11) is 0. The topological polar surface area (TPSA) is 143 Å². The van der Waals surface area contributed by atoms with E-state index >= 15 is 0 Å². The highest BCUT2D eigenvalue weighted by Gasteiger charge is 2.50. The Bertz CT molecular complexity index is 1830. The minimum Gasteiger partial charge on any atom is -0.457 e. The minimum absolute atomic E-state index is 0.0110. The molecule has 2 aliphatic rings. The van der Waals surface area contributed by atoms with Crippen LogP contribution in [0.3, 0.4) is 0 Å². The predicted octanol–water partition coefficient (Wildman–Crippen LogP) is 4.18. The largest absolute Gasteiger partial charge is 0.457 e. The summed E-state index contributed by atoms with van der Waals surface area (Å²) in [6, 6.07) is 14.2. The molecule has 0 saturated heterocycles. The number of non-ortho nitro benzene ring substituents is 1. The van der Waals surface area contributed by atoms with E-state index in [-0.39, 0.29) is 42.0 Å². The zero-order valence-corrected chi connectivity index (χ0v) is 20.7. The lowest BCUT2D eigenvalue weighted by molar-refractivity contribution is -0.383. The van der Waals surface area contributed by atoms with Crippen LogP contribution < -0.4 is 5.56 Å².